The van der Waals surface area contributed by atoms with Crippen LogP contribution >= 0.6 is 0 Å². The van der Waals surface area contributed by atoms with E-state index in [2.05, 4.69) is 0 Å². The van der Waals surface area contributed by atoms with Crippen molar-refractivity contribution in [1.82, 2.24) is 9.80 Å². The molecule has 6 nitrogen and oxygen atoms in total. The van der Waals surface area contributed by atoms with Crippen LogP contribution in [0.3, 0.4) is 0 Å². The second-order valence-corrected chi connectivity index (χ2v) is 6.39. The van der Waals surface area contributed by atoms with Crippen molar-refractivity contribution in [2.45, 2.75) is 38.2 Å². The molecule has 20 heavy (non-hydrogen) atoms. The smallest absolute Gasteiger partial charge is 0.236 e. The van der Waals surface area contributed by atoms with Gasteiger partial charge in [-0.05, 0) is 39.2 Å². The first-order valence-corrected chi connectivity index (χ1v) is 7.39. The Bertz CT molecular complexity index is 384. The number of rotatable bonds is 3. The van der Waals surface area contributed by atoms with Gasteiger partial charge in [-0.15, -0.1) is 0 Å². The molecule has 0 aliphatic carbocycles. The first-order chi connectivity index (χ1) is 9.37. The zero-order valence-electron chi connectivity index (χ0n) is 12.2. The highest BCUT2D eigenvalue weighted by Gasteiger charge is 2.32. The molecule has 0 spiro atoms. The van der Waals surface area contributed by atoms with Crippen molar-refractivity contribution in [3.05, 3.63) is 0 Å². The molecule has 2 aliphatic rings. The van der Waals surface area contributed by atoms with Crippen LogP contribution in [0.5, 0.6) is 0 Å². The number of nitrogens with two attached hydrogens (primary N) is 1. The second-order valence-electron chi connectivity index (χ2n) is 6.39. The molecule has 0 aromatic rings. The van der Waals surface area contributed by atoms with Crippen molar-refractivity contribution < 1.29 is 14.7 Å². The minimum Gasteiger partial charge on any atom is -0.389 e. The molecule has 2 aliphatic heterocycles. The second kappa shape index (κ2) is 6.10. The average Bonchev–Trinajstić information content (AvgIpc) is 2.37. The summed E-state index contributed by atoms with van der Waals surface area (Å²) >= 11 is 0. The number of carbonyl (C=O) groups excluding carboxylic acids is 2. The summed E-state index contributed by atoms with van der Waals surface area (Å²) in [5, 5.41) is 10.1. The molecule has 2 heterocycles. The highest BCUT2D eigenvalue weighted by molar-refractivity contribution is 5.81. The number of likely N-dealkylation sites (tertiary alicyclic amines) is 2. The summed E-state index contributed by atoms with van der Waals surface area (Å²) in [5.74, 6) is -0.491. The van der Waals surface area contributed by atoms with Gasteiger partial charge < -0.3 is 15.7 Å². The van der Waals surface area contributed by atoms with Gasteiger partial charge in [0.05, 0.1) is 18.1 Å². The molecule has 2 unspecified atom stereocenters. The van der Waals surface area contributed by atoms with Gasteiger partial charge in [-0.1, -0.05) is 0 Å². The predicted octanol–water partition coefficient (Wildman–Crippen LogP) is -0.443. The van der Waals surface area contributed by atoms with E-state index in [0.29, 0.717) is 26.2 Å². The Morgan fingerprint density at radius 3 is 2.75 bits per heavy atom. The molecule has 0 bridgehead atoms. The van der Waals surface area contributed by atoms with Crippen molar-refractivity contribution >= 4 is 11.8 Å². The van der Waals surface area contributed by atoms with Crippen LogP contribution in [0.15, 0.2) is 0 Å². The molecular weight excluding hydrogens is 258 g/mol. The first-order valence-electron chi connectivity index (χ1n) is 7.39. The maximum atomic E-state index is 12.3. The van der Waals surface area contributed by atoms with Gasteiger partial charge >= 0.3 is 0 Å². The molecule has 0 radical (unpaired) electrons. The molecule has 2 fully saturated rings. The molecular formula is C14H25N3O3. The van der Waals surface area contributed by atoms with Crippen LogP contribution in [0.2, 0.25) is 0 Å². The molecule has 114 valence electrons. The third kappa shape index (κ3) is 3.93. The van der Waals surface area contributed by atoms with E-state index in [1.54, 1.807) is 4.90 Å². The van der Waals surface area contributed by atoms with Crippen LogP contribution in [-0.4, -0.2) is 65.0 Å². The molecule has 2 rings (SSSR count). The maximum Gasteiger partial charge on any atom is 0.236 e. The lowest BCUT2D eigenvalue weighted by Crippen LogP contribution is -2.52. The lowest BCUT2D eigenvalue weighted by atomic mass is 9.95. The van der Waals surface area contributed by atoms with Crippen LogP contribution in [-0.2, 0) is 9.59 Å². The predicted molar refractivity (Wildman–Crippen MR) is 74.8 cm³/mol. The Morgan fingerprint density at radius 2 is 2.10 bits per heavy atom. The largest absolute Gasteiger partial charge is 0.389 e. The van der Waals surface area contributed by atoms with E-state index in [4.69, 9.17) is 5.73 Å². The standard InChI is InChI=1S/C14H25N3O3/c1-14(20)5-3-6-16(10-14)9-12(18)17-7-2-4-11(8-17)13(15)19/h11,20H,2-10H2,1H3,(H2,15,19). The molecule has 0 aromatic carbocycles. The third-order valence-corrected chi connectivity index (χ3v) is 4.29. The molecule has 0 saturated carbocycles. The minimum atomic E-state index is -0.698. The van der Waals surface area contributed by atoms with Gasteiger partial charge in [0.15, 0.2) is 0 Å². The average molecular weight is 283 g/mol. The summed E-state index contributed by atoms with van der Waals surface area (Å²) < 4.78 is 0. The van der Waals surface area contributed by atoms with Crippen LogP contribution < -0.4 is 5.73 Å². The van der Waals surface area contributed by atoms with Crippen molar-refractivity contribution in [3.8, 4) is 0 Å². The van der Waals surface area contributed by atoms with E-state index in [9.17, 15) is 14.7 Å². The number of aliphatic hydroxyl groups is 1. The maximum absolute atomic E-state index is 12.3. The van der Waals surface area contributed by atoms with Crippen molar-refractivity contribution in [2.24, 2.45) is 11.7 Å². The first kappa shape index (κ1) is 15.3. The highest BCUT2D eigenvalue weighted by atomic mass is 16.3. The van der Waals surface area contributed by atoms with Gasteiger partial charge in [0.25, 0.3) is 0 Å². The van der Waals surface area contributed by atoms with Gasteiger partial charge in [0, 0.05) is 19.6 Å². The number of amides is 2. The Kier molecular flexibility index (Phi) is 4.65. The number of piperidine rings is 2. The van der Waals surface area contributed by atoms with Crippen LogP contribution in [0.1, 0.15) is 32.6 Å². The van der Waals surface area contributed by atoms with E-state index in [1.807, 2.05) is 11.8 Å². The van der Waals surface area contributed by atoms with Crippen LogP contribution in [0.25, 0.3) is 0 Å². The molecule has 2 saturated heterocycles. The topological polar surface area (TPSA) is 86.9 Å². The Balaban J connectivity index is 1.86. The fourth-order valence-corrected chi connectivity index (χ4v) is 3.19. The lowest BCUT2D eigenvalue weighted by Gasteiger charge is -2.38. The quantitative estimate of drug-likeness (QED) is 0.735. The van der Waals surface area contributed by atoms with Crippen LogP contribution in [0, 0.1) is 5.92 Å². The summed E-state index contributed by atoms with van der Waals surface area (Å²) in [6.45, 7) is 4.65. The number of carbonyl (C=O) groups is 2. The van der Waals surface area contributed by atoms with E-state index in [0.717, 1.165) is 32.2 Å². The van der Waals surface area contributed by atoms with Gasteiger partial charge in [-0.3, -0.25) is 14.5 Å². The number of primary amides is 1. The van der Waals surface area contributed by atoms with Gasteiger partial charge in [-0.25, -0.2) is 0 Å². The lowest BCUT2D eigenvalue weighted by molar-refractivity contribution is -0.137. The minimum absolute atomic E-state index is 0.0358. The molecule has 0 aromatic heterocycles. The fourth-order valence-electron chi connectivity index (χ4n) is 3.19. The van der Waals surface area contributed by atoms with Crippen molar-refractivity contribution in [1.29, 1.82) is 0 Å². The Labute approximate surface area is 119 Å². The normalized spacial score (nSPS) is 32.1. The summed E-state index contributed by atoms with van der Waals surface area (Å²) in [4.78, 5) is 27.3. The van der Waals surface area contributed by atoms with E-state index in [1.165, 1.54) is 0 Å². The van der Waals surface area contributed by atoms with Crippen LogP contribution in [0.4, 0.5) is 0 Å². The molecule has 3 N–H and O–H groups in total. The van der Waals surface area contributed by atoms with Gasteiger partial charge in [-0.2, -0.15) is 0 Å². The van der Waals surface area contributed by atoms with Crippen molar-refractivity contribution in [3.63, 3.8) is 0 Å². The zero-order valence-corrected chi connectivity index (χ0v) is 12.2. The fraction of sp³-hybridized carbons (Fsp3) is 0.857. The number of hydrogen-bond acceptors (Lipinski definition) is 4. The highest BCUT2D eigenvalue weighted by Crippen LogP contribution is 2.21. The summed E-state index contributed by atoms with van der Waals surface area (Å²) in [6.07, 6.45) is 3.30. The van der Waals surface area contributed by atoms with E-state index in [-0.39, 0.29) is 17.7 Å². The SMILES string of the molecule is CC1(O)CCCN(CC(=O)N2CCCC(C(N)=O)C2)C1. The monoisotopic (exact) mass is 283 g/mol. The van der Waals surface area contributed by atoms with Gasteiger partial charge in [0.1, 0.15) is 0 Å². The zero-order chi connectivity index (χ0) is 14.8. The molecule has 2 amide bonds. The van der Waals surface area contributed by atoms with Gasteiger partial charge in [0.2, 0.25) is 11.8 Å². The third-order valence-electron chi connectivity index (χ3n) is 4.29. The number of nitrogens with zero attached hydrogens (tertiary/aromatic N) is 2. The molecule has 6 heteroatoms. The number of β-amino-alcohol motifs (C(OH)–C–C–N with tert-alkyl or cyclic N) is 1. The molecule has 2 atom stereocenters. The van der Waals surface area contributed by atoms with E-state index >= 15 is 0 Å². The summed E-state index contributed by atoms with van der Waals surface area (Å²) in [6, 6.07) is 0. The summed E-state index contributed by atoms with van der Waals surface area (Å²) in [7, 11) is 0. The Morgan fingerprint density at radius 1 is 1.35 bits per heavy atom. The Hall–Kier alpha value is -1.14. The van der Waals surface area contributed by atoms with E-state index < -0.39 is 5.60 Å². The van der Waals surface area contributed by atoms with Crippen molar-refractivity contribution in [2.75, 3.05) is 32.7 Å². The summed E-state index contributed by atoms with van der Waals surface area (Å²) in [5.41, 5.74) is 4.63. The number of hydrogen-bond donors (Lipinski definition) is 2.